The number of thiophene rings is 1. The average molecular weight is 346 g/mol. The summed E-state index contributed by atoms with van der Waals surface area (Å²) in [5, 5.41) is 5.04. The minimum atomic E-state index is -0.748. The summed E-state index contributed by atoms with van der Waals surface area (Å²) in [5.74, 6) is -2.46. The van der Waals surface area contributed by atoms with Gasteiger partial charge in [-0.3, -0.25) is 4.79 Å². The molecule has 1 unspecified atom stereocenters. The number of allylic oxidation sites excluding steroid dienone is 4. The van der Waals surface area contributed by atoms with Crippen molar-refractivity contribution in [2.75, 3.05) is 6.61 Å². The lowest BCUT2D eigenvalue weighted by atomic mass is 9.88. The first kappa shape index (κ1) is 16.3. The summed E-state index contributed by atoms with van der Waals surface area (Å²) in [5.41, 5.74) is 0.570. The summed E-state index contributed by atoms with van der Waals surface area (Å²) in [6.07, 6.45) is 4.03. The van der Waals surface area contributed by atoms with E-state index in [4.69, 9.17) is 4.74 Å². The summed E-state index contributed by atoms with van der Waals surface area (Å²) in [6.45, 7) is 2.22. The normalized spacial score (nSPS) is 19.6. The molecule has 3 rings (SSSR count). The molecule has 0 radical (unpaired) electrons. The van der Waals surface area contributed by atoms with E-state index in [1.165, 1.54) is 18.2 Å². The molecule has 0 saturated heterocycles. The molecule has 7 heteroatoms. The van der Waals surface area contributed by atoms with Crippen LogP contribution in [0.2, 0.25) is 0 Å². The Kier molecular flexibility index (Phi) is 4.71. The lowest BCUT2D eigenvalue weighted by Crippen LogP contribution is -2.35. The van der Waals surface area contributed by atoms with Crippen molar-refractivity contribution in [3.05, 3.63) is 57.7 Å². The molecule has 1 aliphatic carbocycles. The van der Waals surface area contributed by atoms with E-state index in [1.807, 2.05) is 17.5 Å². The quantitative estimate of drug-likeness (QED) is 0.657. The van der Waals surface area contributed by atoms with E-state index in [0.717, 1.165) is 4.88 Å². The fourth-order valence-corrected chi connectivity index (χ4v) is 3.19. The Labute approximate surface area is 142 Å². The third-order valence-corrected chi connectivity index (χ3v) is 4.47. The van der Waals surface area contributed by atoms with Crippen molar-refractivity contribution in [1.82, 2.24) is 5.32 Å². The van der Waals surface area contributed by atoms with Gasteiger partial charge in [0.05, 0.1) is 18.2 Å². The molecule has 5 nitrogen and oxygen atoms in total. The number of dihydropyridines is 1. The number of halogens is 1. The molecule has 1 atom stereocenters. The number of nitrogens with zero attached hydrogens (tertiary/aromatic N) is 1. The van der Waals surface area contributed by atoms with E-state index in [1.54, 1.807) is 18.3 Å². The Bertz CT molecular complexity index is 791. The monoisotopic (exact) mass is 346 g/mol. The Morgan fingerprint density at radius 2 is 2.29 bits per heavy atom. The van der Waals surface area contributed by atoms with E-state index >= 15 is 0 Å². The summed E-state index contributed by atoms with van der Waals surface area (Å²) < 4.78 is 18.7. The third-order valence-electron chi connectivity index (χ3n) is 3.60. The predicted molar refractivity (Wildman–Crippen MR) is 89.1 cm³/mol. The number of esters is 1. The molecule has 0 aromatic carbocycles. The molecule has 1 aromatic rings. The lowest BCUT2D eigenvalue weighted by molar-refractivity contribution is -0.140. The van der Waals surface area contributed by atoms with Gasteiger partial charge >= 0.3 is 5.97 Å². The molecule has 1 N–H and O–H groups in total. The van der Waals surface area contributed by atoms with Gasteiger partial charge in [0.2, 0.25) is 0 Å². The number of ether oxygens (including phenoxy) is 1. The van der Waals surface area contributed by atoms with Crippen molar-refractivity contribution in [1.29, 1.82) is 0 Å². The van der Waals surface area contributed by atoms with Gasteiger partial charge in [-0.1, -0.05) is 6.07 Å². The molecule has 24 heavy (non-hydrogen) atoms. The maximum absolute atomic E-state index is 13.7. The van der Waals surface area contributed by atoms with Crippen LogP contribution in [0, 0.1) is 5.92 Å². The number of fused-ring (bicyclic) bond motifs is 1. The van der Waals surface area contributed by atoms with Crippen LogP contribution in [0.1, 0.15) is 11.8 Å². The van der Waals surface area contributed by atoms with Crippen LogP contribution in [-0.4, -0.2) is 24.2 Å². The second kappa shape index (κ2) is 6.92. The Morgan fingerprint density at radius 1 is 1.46 bits per heavy atom. The van der Waals surface area contributed by atoms with Crippen LogP contribution >= 0.6 is 11.3 Å². The van der Waals surface area contributed by atoms with Crippen molar-refractivity contribution < 1.29 is 18.7 Å². The summed E-state index contributed by atoms with van der Waals surface area (Å²) >= 11 is 1.54. The van der Waals surface area contributed by atoms with E-state index in [0.29, 0.717) is 18.0 Å². The molecule has 0 bridgehead atoms. The Morgan fingerprint density at radius 3 is 3.00 bits per heavy atom. The van der Waals surface area contributed by atoms with Gasteiger partial charge < -0.3 is 10.1 Å². The second-order valence-corrected chi connectivity index (χ2v) is 6.18. The molecule has 2 heterocycles. The largest absolute Gasteiger partial charge is 0.462 e. The standard InChI is InChI=1S/C17H15FN2O3S/c1-2-23-17(22)14-15(19-9-11-4-3-7-24-11)12-8-10(18)5-6-13(12)20-16(14)21/h3-8,12,19H,2,9H2,1H3. The number of nitrogens with one attached hydrogen (secondary N) is 1. The van der Waals surface area contributed by atoms with Gasteiger partial charge in [0.1, 0.15) is 11.4 Å². The zero-order chi connectivity index (χ0) is 17.1. The Hall–Kier alpha value is -2.54. The molecule has 0 saturated carbocycles. The van der Waals surface area contributed by atoms with E-state index in [-0.39, 0.29) is 12.2 Å². The fourth-order valence-electron chi connectivity index (χ4n) is 2.55. The molecule has 0 spiro atoms. The highest BCUT2D eigenvalue weighted by Crippen LogP contribution is 2.29. The van der Waals surface area contributed by atoms with Crippen LogP contribution in [0.5, 0.6) is 0 Å². The zero-order valence-electron chi connectivity index (χ0n) is 12.9. The molecule has 1 aliphatic heterocycles. The number of aliphatic imine (C=N–C) groups is 1. The first-order valence-electron chi connectivity index (χ1n) is 7.46. The lowest BCUT2D eigenvalue weighted by Gasteiger charge is -2.26. The molecule has 124 valence electrons. The third kappa shape index (κ3) is 3.21. The number of hydrogen-bond donors (Lipinski definition) is 1. The number of carbonyl (C=O) groups is 2. The molecule has 1 amide bonds. The number of carbonyl (C=O) groups excluding carboxylic acids is 2. The van der Waals surface area contributed by atoms with Crippen LogP contribution in [0.15, 0.2) is 57.8 Å². The number of rotatable bonds is 5. The molecular formula is C17H15FN2O3S. The van der Waals surface area contributed by atoms with Crippen molar-refractivity contribution in [2.24, 2.45) is 10.9 Å². The predicted octanol–water partition coefficient (Wildman–Crippen LogP) is 2.68. The van der Waals surface area contributed by atoms with Crippen molar-refractivity contribution in [3.8, 4) is 0 Å². The SMILES string of the molecule is CCOC(=O)C1=C(NCc2cccs2)C2C=C(F)C=CC2=NC1=O. The number of hydrogen-bond acceptors (Lipinski definition) is 5. The van der Waals surface area contributed by atoms with Gasteiger partial charge in [-0.2, -0.15) is 0 Å². The van der Waals surface area contributed by atoms with Gasteiger partial charge in [0.25, 0.3) is 5.91 Å². The summed E-state index contributed by atoms with van der Waals surface area (Å²) in [6, 6.07) is 3.84. The average Bonchev–Trinajstić information content (AvgIpc) is 3.06. The van der Waals surface area contributed by atoms with E-state index in [9.17, 15) is 14.0 Å². The second-order valence-electron chi connectivity index (χ2n) is 5.15. The van der Waals surface area contributed by atoms with Crippen molar-refractivity contribution in [3.63, 3.8) is 0 Å². The van der Waals surface area contributed by atoms with Crippen LogP contribution in [-0.2, 0) is 20.9 Å². The highest BCUT2D eigenvalue weighted by atomic mass is 32.1. The van der Waals surface area contributed by atoms with Crippen molar-refractivity contribution in [2.45, 2.75) is 13.5 Å². The van der Waals surface area contributed by atoms with Gasteiger partial charge in [-0.15, -0.1) is 11.3 Å². The molecular weight excluding hydrogens is 331 g/mol. The minimum Gasteiger partial charge on any atom is -0.462 e. The van der Waals surface area contributed by atoms with Crippen LogP contribution < -0.4 is 5.32 Å². The summed E-state index contributed by atoms with van der Waals surface area (Å²) in [4.78, 5) is 29.4. The maximum Gasteiger partial charge on any atom is 0.345 e. The molecule has 1 aromatic heterocycles. The first-order chi connectivity index (χ1) is 11.6. The van der Waals surface area contributed by atoms with Crippen LogP contribution in [0.4, 0.5) is 4.39 Å². The van der Waals surface area contributed by atoms with Crippen molar-refractivity contribution >= 4 is 28.9 Å². The smallest absolute Gasteiger partial charge is 0.345 e. The van der Waals surface area contributed by atoms with Crippen LogP contribution in [0.3, 0.4) is 0 Å². The minimum absolute atomic E-state index is 0.138. The molecule has 2 aliphatic rings. The first-order valence-corrected chi connectivity index (χ1v) is 8.34. The maximum atomic E-state index is 13.7. The van der Waals surface area contributed by atoms with Gasteiger partial charge in [0, 0.05) is 17.1 Å². The van der Waals surface area contributed by atoms with E-state index in [2.05, 4.69) is 10.3 Å². The zero-order valence-corrected chi connectivity index (χ0v) is 13.7. The van der Waals surface area contributed by atoms with Gasteiger partial charge in [-0.25, -0.2) is 14.2 Å². The fraction of sp³-hybridized carbons (Fsp3) is 0.235. The van der Waals surface area contributed by atoms with Crippen LogP contribution in [0.25, 0.3) is 0 Å². The van der Waals surface area contributed by atoms with Gasteiger partial charge in [-0.05, 0) is 36.6 Å². The van der Waals surface area contributed by atoms with Gasteiger partial charge in [0.15, 0.2) is 0 Å². The topological polar surface area (TPSA) is 67.8 Å². The molecule has 0 fully saturated rings. The highest BCUT2D eigenvalue weighted by Gasteiger charge is 2.35. The van der Waals surface area contributed by atoms with E-state index < -0.39 is 23.6 Å². The Balaban J connectivity index is 1.98. The summed E-state index contributed by atoms with van der Waals surface area (Å²) in [7, 11) is 0. The number of amides is 1. The highest BCUT2D eigenvalue weighted by molar-refractivity contribution is 7.09.